The second-order valence-electron chi connectivity index (χ2n) is 4.16. The van der Waals surface area contributed by atoms with E-state index in [-0.39, 0.29) is 5.56 Å². The lowest BCUT2D eigenvalue weighted by Gasteiger charge is -2.19. The Labute approximate surface area is 96.6 Å². The van der Waals surface area contributed by atoms with E-state index in [0.29, 0.717) is 4.47 Å². The molecule has 0 unspecified atom stereocenters. The molecule has 0 fully saturated rings. The minimum absolute atomic E-state index is 0.205. The molecule has 0 saturated carbocycles. The summed E-state index contributed by atoms with van der Waals surface area (Å²) in [5.41, 5.74) is -0.368. The summed E-state index contributed by atoms with van der Waals surface area (Å²) in [4.78, 5) is 11.6. The van der Waals surface area contributed by atoms with E-state index >= 15 is 0 Å². The summed E-state index contributed by atoms with van der Waals surface area (Å²) in [6, 6.07) is 3.96. The number of esters is 1. The van der Waals surface area contributed by atoms with Crippen molar-refractivity contribution in [3.63, 3.8) is 0 Å². The van der Waals surface area contributed by atoms with E-state index < -0.39 is 17.4 Å². The maximum atomic E-state index is 13.0. The van der Waals surface area contributed by atoms with Crippen LogP contribution in [0.3, 0.4) is 0 Å². The summed E-state index contributed by atoms with van der Waals surface area (Å²) in [5, 5.41) is 0. The van der Waals surface area contributed by atoms with Crippen LogP contribution >= 0.6 is 15.9 Å². The first-order valence-corrected chi connectivity index (χ1v) is 5.27. The number of hydrogen-bond donors (Lipinski definition) is 0. The van der Waals surface area contributed by atoms with E-state index in [2.05, 4.69) is 15.9 Å². The molecule has 0 spiro atoms. The molecule has 0 amide bonds. The van der Waals surface area contributed by atoms with Gasteiger partial charge in [-0.25, -0.2) is 9.18 Å². The van der Waals surface area contributed by atoms with Crippen molar-refractivity contribution >= 4 is 21.9 Å². The van der Waals surface area contributed by atoms with E-state index in [9.17, 15) is 9.18 Å². The Hall–Kier alpha value is -0.900. The molecule has 1 rings (SSSR count). The molecule has 0 heterocycles. The van der Waals surface area contributed by atoms with Crippen molar-refractivity contribution in [1.82, 2.24) is 0 Å². The highest BCUT2D eigenvalue weighted by Crippen LogP contribution is 2.18. The van der Waals surface area contributed by atoms with Gasteiger partial charge in [0.05, 0.1) is 5.56 Å². The van der Waals surface area contributed by atoms with Crippen molar-refractivity contribution < 1.29 is 13.9 Å². The molecule has 0 saturated heterocycles. The van der Waals surface area contributed by atoms with Crippen molar-refractivity contribution in [2.75, 3.05) is 0 Å². The Bertz CT molecular complexity index is 362. The first-order chi connectivity index (χ1) is 6.78. The van der Waals surface area contributed by atoms with Gasteiger partial charge in [0.25, 0.3) is 0 Å². The van der Waals surface area contributed by atoms with Crippen LogP contribution in [0.15, 0.2) is 22.7 Å². The van der Waals surface area contributed by atoms with Gasteiger partial charge in [0.2, 0.25) is 0 Å². The predicted octanol–water partition coefficient (Wildman–Crippen LogP) is 3.54. The number of benzene rings is 1. The Balaban J connectivity index is 2.92. The van der Waals surface area contributed by atoms with Crippen LogP contribution in [0.1, 0.15) is 31.1 Å². The number of rotatable bonds is 1. The summed E-state index contributed by atoms with van der Waals surface area (Å²) < 4.78 is 18.6. The summed E-state index contributed by atoms with van der Waals surface area (Å²) in [6.07, 6.45) is 0. The molecule has 0 aliphatic rings. The molecular weight excluding hydrogens is 263 g/mol. The number of carbonyl (C=O) groups excluding carboxylic acids is 1. The highest BCUT2D eigenvalue weighted by molar-refractivity contribution is 9.10. The first kappa shape index (κ1) is 12.2. The molecule has 82 valence electrons. The third-order valence-corrected chi connectivity index (χ3v) is 1.95. The van der Waals surface area contributed by atoms with Crippen LogP contribution in [0.25, 0.3) is 0 Å². The molecule has 0 aliphatic carbocycles. The Morgan fingerprint density at radius 1 is 1.33 bits per heavy atom. The third kappa shape index (κ3) is 4.00. The van der Waals surface area contributed by atoms with Gasteiger partial charge >= 0.3 is 5.97 Å². The van der Waals surface area contributed by atoms with Crippen LogP contribution in [0.2, 0.25) is 0 Å². The summed E-state index contributed by atoms with van der Waals surface area (Å²) in [7, 11) is 0. The normalized spacial score (nSPS) is 11.3. The molecule has 15 heavy (non-hydrogen) atoms. The van der Waals surface area contributed by atoms with Gasteiger partial charge in [-0.1, -0.05) is 15.9 Å². The molecule has 0 aromatic heterocycles. The van der Waals surface area contributed by atoms with Crippen LogP contribution in [-0.2, 0) is 4.74 Å². The number of ether oxygens (including phenoxy) is 1. The maximum Gasteiger partial charge on any atom is 0.338 e. The van der Waals surface area contributed by atoms with E-state index in [1.165, 1.54) is 12.1 Å². The van der Waals surface area contributed by atoms with Gasteiger partial charge in [-0.05, 0) is 39.0 Å². The fraction of sp³-hybridized carbons (Fsp3) is 0.364. The van der Waals surface area contributed by atoms with Crippen LogP contribution in [0, 0.1) is 5.82 Å². The Morgan fingerprint density at radius 3 is 2.40 bits per heavy atom. The molecule has 0 bridgehead atoms. The van der Waals surface area contributed by atoms with Gasteiger partial charge < -0.3 is 4.74 Å². The van der Waals surface area contributed by atoms with E-state index in [4.69, 9.17) is 4.74 Å². The predicted molar refractivity (Wildman–Crippen MR) is 59.3 cm³/mol. The average molecular weight is 275 g/mol. The monoisotopic (exact) mass is 274 g/mol. The fourth-order valence-corrected chi connectivity index (χ4v) is 1.47. The lowest BCUT2D eigenvalue weighted by Crippen LogP contribution is -2.23. The van der Waals surface area contributed by atoms with E-state index in [1.54, 1.807) is 20.8 Å². The van der Waals surface area contributed by atoms with Gasteiger partial charge in [-0.3, -0.25) is 0 Å². The van der Waals surface area contributed by atoms with Crippen LogP contribution in [0.4, 0.5) is 4.39 Å². The first-order valence-electron chi connectivity index (χ1n) is 4.47. The Kier molecular flexibility index (Phi) is 3.50. The minimum Gasteiger partial charge on any atom is -0.456 e. The summed E-state index contributed by atoms with van der Waals surface area (Å²) in [5.74, 6) is -0.993. The quantitative estimate of drug-likeness (QED) is 0.733. The molecule has 0 N–H and O–H groups in total. The van der Waals surface area contributed by atoms with E-state index in [1.807, 2.05) is 0 Å². The molecule has 0 radical (unpaired) electrons. The van der Waals surface area contributed by atoms with Crippen molar-refractivity contribution in [3.05, 3.63) is 34.1 Å². The molecule has 1 aromatic carbocycles. The van der Waals surface area contributed by atoms with Gasteiger partial charge in [-0.2, -0.15) is 0 Å². The number of hydrogen-bond acceptors (Lipinski definition) is 2. The zero-order chi connectivity index (χ0) is 11.6. The van der Waals surface area contributed by atoms with Crippen LogP contribution < -0.4 is 0 Å². The topological polar surface area (TPSA) is 26.3 Å². The van der Waals surface area contributed by atoms with E-state index in [0.717, 1.165) is 6.07 Å². The Morgan fingerprint density at radius 2 is 1.93 bits per heavy atom. The molecular formula is C11H12BrFO2. The lowest BCUT2D eigenvalue weighted by molar-refractivity contribution is 0.00689. The molecule has 0 aliphatic heterocycles. The van der Waals surface area contributed by atoms with Gasteiger partial charge in [0.15, 0.2) is 0 Å². The molecule has 4 heteroatoms. The zero-order valence-electron chi connectivity index (χ0n) is 8.80. The number of carbonyl (C=O) groups is 1. The lowest BCUT2D eigenvalue weighted by atomic mass is 10.1. The SMILES string of the molecule is CC(C)(C)OC(=O)c1cc(F)cc(Br)c1. The standard InChI is InChI=1S/C11H12BrFO2/c1-11(2,3)15-10(14)7-4-8(12)6-9(13)5-7/h4-6H,1-3H3. The summed E-state index contributed by atoms with van der Waals surface area (Å²) >= 11 is 3.11. The third-order valence-electron chi connectivity index (χ3n) is 1.50. The van der Waals surface area contributed by atoms with Crippen molar-refractivity contribution in [3.8, 4) is 0 Å². The van der Waals surface area contributed by atoms with Gasteiger partial charge in [-0.15, -0.1) is 0 Å². The van der Waals surface area contributed by atoms with Crippen LogP contribution in [-0.4, -0.2) is 11.6 Å². The zero-order valence-corrected chi connectivity index (χ0v) is 10.4. The highest BCUT2D eigenvalue weighted by Gasteiger charge is 2.18. The van der Waals surface area contributed by atoms with Crippen LogP contribution in [0.5, 0.6) is 0 Å². The largest absolute Gasteiger partial charge is 0.456 e. The maximum absolute atomic E-state index is 13.0. The summed E-state index contributed by atoms with van der Waals surface area (Å²) in [6.45, 7) is 5.29. The molecule has 2 nitrogen and oxygen atoms in total. The second kappa shape index (κ2) is 4.31. The number of halogens is 2. The van der Waals surface area contributed by atoms with Crippen molar-refractivity contribution in [2.45, 2.75) is 26.4 Å². The minimum atomic E-state index is -0.574. The van der Waals surface area contributed by atoms with Gasteiger partial charge in [0, 0.05) is 4.47 Å². The van der Waals surface area contributed by atoms with Crippen molar-refractivity contribution in [1.29, 1.82) is 0 Å². The van der Waals surface area contributed by atoms with Gasteiger partial charge in [0.1, 0.15) is 11.4 Å². The second-order valence-corrected chi connectivity index (χ2v) is 5.08. The average Bonchev–Trinajstić information content (AvgIpc) is 1.98. The molecule has 0 atom stereocenters. The smallest absolute Gasteiger partial charge is 0.338 e. The highest BCUT2D eigenvalue weighted by atomic mass is 79.9. The molecule has 1 aromatic rings. The fourth-order valence-electron chi connectivity index (χ4n) is 1.01. The van der Waals surface area contributed by atoms with Crippen molar-refractivity contribution in [2.24, 2.45) is 0 Å².